The number of methoxy groups -OCH3 is 2. The molecule has 3 aromatic carbocycles. The van der Waals surface area contributed by atoms with Crippen molar-refractivity contribution in [3.63, 3.8) is 0 Å². The van der Waals surface area contributed by atoms with Crippen molar-refractivity contribution < 1.29 is 23.8 Å². The highest BCUT2D eigenvalue weighted by atomic mass is 16.5. The number of benzene rings is 3. The molecule has 0 spiro atoms. The van der Waals surface area contributed by atoms with Crippen LogP contribution in [0.15, 0.2) is 66.7 Å². The number of amides is 2. The third-order valence-electron chi connectivity index (χ3n) is 7.60. The van der Waals surface area contributed by atoms with Gasteiger partial charge in [-0.2, -0.15) is 0 Å². The van der Waals surface area contributed by atoms with Crippen LogP contribution in [-0.2, 0) is 6.54 Å². The molecule has 0 aliphatic heterocycles. The highest BCUT2D eigenvalue weighted by Crippen LogP contribution is 2.33. The average molecular weight is 560 g/mol. The summed E-state index contributed by atoms with van der Waals surface area (Å²) in [4.78, 5) is 28.3. The molecular weight excluding hydrogens is 518 g/mol. The fourth-order valence-corrected chi connectivity index (χ4v) is 5.17. The van der Waals surface area contributed by atoms with Crippen LogP contribution in [0.5, 0.6) is 17.2 Å². The van der Waals surface area contributed by atoms with E-state index in [9.17, 15) is 9.59 Å². The summed E-state index contributed by atoms with van der Waals surface area (Å²) in [6, 6.07) is 20.2. The van der Waals surface area contributed by atoms with Gasteiger partial charge in [-0.1, -0.05) is 13.0 Å². The van der Waals surface area contributed by atoms with Crippen molar-refractivity contribution in [3.8, 4) is 17.2 Å². The monoisotopic (exact) mass is 559 g/mol. The van der Waals surface area contributed by atoms with Gasteiger partial charge in [-0.25, -0.2) is 5.01 Å². The molecule has 0 N–H and O–H groups in total. The van der Waals surface area contributed by atoms with E-state index in [0.717, 1.165) is 35.6 Å². The third-order valence-corrected chi connectivity index (χ3v) is 7.60. The zero-order chi connectivity index (χ0) is 29.4. The fraction of sp³-hybridized carbons (Fsp3) is 0.394. The first-order valence-corrected chi connectivity index (χ1v) is 14.3. The van der Waals surface area contributed by atoms with E-state index >= 15 is 0 Å². The number of ether oxygens (including phenoxy) is 3. The Morgan fingerprint density at radius 1 is 0.780 bits per heavy atom. The molecule has 0 heterocycles. The van der Waals surface area contributed by atoms with E-state index in [1.807, 2.05) is 49.2 Å². The predicted octanol–water partition coefficient (Wildman–Crippen LogP) is 6.20. The highest BCUT2D eigenvalue weighted by Gasteiger charge is 2.22. The quantitative estimate of drug-likeness (QED) is 0.246. The van der Waals surface area contributed by atoms with Gasteiger partial charge in [-0.15, -0.1) is 0 Å². The van der Waals surface area contributed by atoms with Crippen molar-refractivity contribution in [1.82, 2.24) is 10.0 Å². The molecule has 8 heteroatoms. The lowest BCUT2D eigenvalue weighted by Gasteiger charge is -2.31. The fourth-order valence-electron chi connectivity index (χ4n) is 5.17. The first kappa shape index (κ1) is 29.9. The molecular formula is C33H41N3O5. The number of hydrazine groups is 1. The smallest absolute Gasteiger partial charge is 0.267 e. The summed E-state index contributed by atoms with van der Waals surface area (Å²) in [5, 5.41) is 3.64. The summed E-state index contributed by atoms with van der Waals surface area (Å²) >= 11 is 0. The summed E-state index contributed by atoms with van der Waals surface area (Å²) in [5.74, 6) is 1.93. The molecule has 4 rings (SSSR count). The Kier molecular flexibility index (Phi) is 10.2. The molecule has 3 aromatic rings. The molecule has 0 aromatic heterocycles. The number of carbonyl (C=O) groups excluding carboxylic acids is 2. The van der Waals surface area contributed by atoms with Crippen LogP contribution >= 0.6 is 0 Å². The molecule has 1 fully saturated rings. The Morgan fingerprint density at radius 2 is 1.41 bits per heavy atom. The normalized spacial score (nSPS) is 13.2. The first-order valence-electron chi connectivity index (χ1n) is 14.3. The number of anilines is 1. The molecule has 2 amide bonds. The van der Waals surface area contributed by atoms with Crippen LogP contribution in [0.2, 0.25) is 0 Å². The van der Waals surface area contributed by atoms with Crippen molar-refractivity contribution >= 4 is 17.5 Å². The maximum atomic E-state index is 13.4. The summed E-state index contributed by atoms with van der Waals surface area (Å²) in [5.41, 5.74) is 2.88. The molecule has 0 bridgehead atoms. The first-order chi connectivity index (χ1) is 19.9. The molecule has 1 aliphatic carbocycles. The van der Waals surface area contributed by atoms with Gasteiger partial charge >= 0.3 is 0 Å². The van der Waals surface area contributed by atoms with E-state index in [0.29, 0.717) is 36.5 Å². The number of nitrogens with zero attached hydrogens (tertiary/aromatic N) is 3. The summed E-state index contributed by atoms with van der Waals surface area (Å²) in [7, 11) is 5.03. The van der Waals surface area contributed by atoms with Crippen LogP contribution in [0.4, 0.5) is 5.69 Å². The Hall–Kier alpha value is -4.04. The van der Waals surface area contributed by atoms with Crippen LogP contribution in [0.25, 0.3) is 0 Å². The molecule has 41 heavy (non-hydrogen) atoms. The van der Waals surface area contributed by atoms with Gasteiger partial charge in [0.05, 0.1) is 20.3 Å². The van der Waals surface area contributed by atoms with E-state index in [1.54, 1.807) is 67.6 Å². The van der Waals surface area contributed by atoms with Crippen LogP contribution in [0.3, 0.4) is 0 Å². The maximum Gasteiger partial charge on any atom is 0.267 e. The standard InChI is InChI=1S/C33H41N3O5/c1-6-35(23-24-12-21-30(40-5)31(22-24)41-29-10-8-9-11-29)34(3)32(37)25-13-17-27(18-14-25)36(7-2)33(38)26-15-19-28(39-4)20-16-26/h12-22,29H,6-11,23H2,1-5H3. The SMILES string of the molecule is CCN(C(=O)c1ccc(OC)cc1)c1ccc(C(=O)N(C)N(CC)Cc2ccc(OC)c(OC3CCCC3)c2)cc1. The topological polar surface area (TPSA) is 71.6 Å². The number of carbonyl (C=O) groups is 2. The van der Waals surface area contributed by atoms with Gasteiger partial charge in [-0.05, 0) is 98.8 Å². The van der Waals surface area contributed by atoms with Crippen molar-refractivity contribution in [2.24, 2.45) is 0 Å². The number of hydrogen-bond acceptors (Lipinski definition) is 6. The molecule has 1 aliphatic rings. The second-order valence-corrected chi connectivity index (χ2v) is 10.1. The minimum absolute atomic E-state index is 0.112. The maximum absolute atomic E-state index is 13.4. The van der Waals surface area contributed by atoms with Gasteiger partial charge in [0, 0.05) is 43.5 Å². The molecule has 1 saturated carbocycles. The lowest BCUT2D eigenvalue weighted by molar-refractivity contribution is 0.00354. The van der Waals surface area contributed by atoms with Gasteiger partial charge in [0.1, 0.15) is 5.75 Å². The summed E-state index contributed by atoms with van der Waals surface area (Å²) in [6.45, 7) is 5.63. The lowest BCUT2D eigenvalue weighted by atomic mass is 10.1. The van der Waals surface area contributed by atoms with E-state index in [2.05, 4.69) is 0 Å². The minimum atomic E-state index is -0.126. The molecule has 218 valence electrons. The molecule has 0 atom stereocenters. The van der Waals surface area contributed by atoms with Crippen molar-refractivity contribution in [3.05, 3.63) is 83.4 Å². The number of hydrogen-bond donors (Lipinski definition) is 0. The van der Waals surface area contributed by atoms with Gasteiger partial charge < -0.3 is 19.1 Å². The Labute approximate surface area is 243 Å². The van der Waals surface area contributed by atoms with Crippen LogP contribution in [0.1, 0.15) is 65.8 Å². The molecule has 8 nitrogen and oxygen atoms in total. The predicted molar refractivity (Wildman–Crippen MR) is 161 cm³/mol. The Balaban J connectivity index is 1.44. The molecule has 0 unspecified atom stereocenters. The van der Waals surface area contributed by atoms with Crippen molar-refractivity contribution in [2.45, 2.75) is 52.2 Å². The van der Waals surface area contributed by atoms with Gasteiger partial charge in [0.2, 0.25) is 0 Å². The number of rotatable bonds is 12. The van der Waals surface area contributed by atoms with Crippen LogP contribution < -0.4 is 19.1 Å². The third kappa shape index (κ3) is 7.19. The highest BCUT2D eigenvalue weighted by molar-refractivity contribution is 6.06. The van der Waals surface area contributed by atoms with Crippen molar-refractivity contribution in [2.75, 3.05) is 39.3 Å². The summed E-state index contributed by atoms with van der Waals surface area (Å²) in [6.07, 6.45) is 4.75. The zero-order valence-corrected chi connectivity index (χ0v) is 24.8. The van der Waals surface area contributed by atoms with Gasteiger partial charge in [-0.3, -0.25) is 14.6 Å². The summed E-state index contributed by atoms with van der Waals surface area (Å²) < 4.78 is 17.0. The van der Waals surface area contributed by atoms with Gasteiger partial charge in [0.15, 0.2) is 11.5 Å². The zero-order valence-electron chi connectivity index (χ0n) is 24.8. The largest absolute Gasteiger partial charge is 0.497 e. The van der Waals surface area contributed by atoms with E-state index in [4.69, 9.17) is 14.2 Å². The van der Waals surface area contributed by atoms with E-state index < -0.39 is 0 Å². The van der Waals surface area contributed by atoms with E-state index in [-0.39, 0.29) is 17.9 Å². The van der Waals surface area contributed by atoms with Crippen LogP contribution in [0, 0.1) is 0 Å². The Morgan fingerprint density at radius 3 is 2.00 bits per heavy atom. The average Bonchev–Trinajstić information content (AvgIpc) is 3.53. The van der Waals surface area contributed by atoms with Crippen LogP contribution in [-0.4, -0.2) is 62.3 Å². The van der Waals surface area contributed by atoms with Crippen molar-refractivity contribution in [1.29, 1.82) is 0 Å². The van der Waals surface area contributed by atoms with Gasteiger partial charge in [0.25, 0.3) is 11.8 Å². The molecule has 0 radical (unpaired) electrons. The lowest BCUT2D eigenvalue weighted by Crippen LogP contribution is -2.43. The minimum Gasteiger partial charge on any atom is -0.497 e. The molecule has 0 saturated heterocycles. The second-order valence-electron chi connectivity index (χ2n) is 10.1. The second kappa shape index (κ2) is 14.0. The van der Waals surface area contributed by atoms with E-state index in [1.165, 1.54) is 12.8 Å². The Bertz CT molecular complexity index is 1300.